The summed E-state index contributed by atoms with van der Waals surface area (Å²) < 4.78 is 92.0. The highest BCUT2D eigenvalue weighted by atomic mass is 19.4. The van der Waals surface area contributed by atoms with Crippen LogP contribution in [0, 0.1) is 17.6 Å². The summed E-state index contributed by atoms with van der Waals surface area (Å²) in [4.78, 5) is 38.5. The van der Waals surface area contributed by atoms with Gasteiger partial charge < -0.3 is 26.7 Å². The Bertz CT molecular complexity index is 1030. The van der Waals surface area contributed by atoms with E-state index in [4.69, 9.17) is 11.6 Å². The molecule has 0 aliphatic carbocycles. The lowest BCUT2D eigenvalue weighted by Crippen LogP contribution is -2.51. The van der Waals surface area contributed by atoms with Gasteiger partial charge in [-0.15, -0.1) is 0 Å². The molecule has 1 saturated heterocycles. The maximum Gasteiger partial charge on any atom is 0.391 e. The number of nitrogens with two attached hydrogens (primary N) is 2. The van der Waals surface area contributed by atoms with Crippen LogP contribution in [-0.2, 0) is 14.4 Å². The molecular formula is C20H23F7N6O3. The van der Waals surface area contributed by atoms with Crippen LogP contribution in [0.1, 0.15) is 31.8 Å². The minimum absolute atomic E-state index is 0.0400. The van der Waals surface area contributed by atoms with Crippen LogP contribution >= 0.6 is 0 Å². The average molecular weight is 528 g/mol. The highest BCUT2D eigenvalue weighted by Gasteiger charge is 2.42. The molecule has 3 atom stereocenters. The molecule has 1 heterocycles. The van der Waals surface area contributed by atoms with Crippen LogP contribution in [0.15, 0.2) is 24.0 Å². The Hall–Kier alpha value is -3.56. The molecule has 1 aliphatic rings. The fraction of sp³-hybridized carbons (Fsp3) is 0.450. The van der Waals surface area contributed by atoms with Gasteiger partial charge >= 0.3 is 18.0 Å². The lowest BCUT2D eigenvalue weighted by Gasteiger charge is -2.26. The Morgan fingerprint density at radius 3 is 2.42 bits per heavy atom. The second kappa shape index (κ2) is 11.5. The molecule has 0 aromatic heterocycles. The van der Waals surface area contributed by atoms with Crippen LogP contribution in [0.4, 0.5) is 36.4 Å². The van der Waals surface area contributed by atoms with Gasteiger partial charge in [0.1, 0.15) is 5.82 Å². The van der Waals surface area contributed by atoms with Crippen LogP contribution in [0.3, 0.4) is 0 Å². The van der Waals surface area contributed by atoms with Crippen LogP contribution in [-0.4, -0.2) is 47.4 Å². The number of rotatable bonds is 7. The molecule has 1 aromatic carbocycles. The molecule has 2 rings (SSSR count). The van der Waals surface area contributed by atoms with E-state index in [0.29, 0.717) is 6.07 Å². The summed E-state index contributed by atoms with van der Waals surface area (Å²) >= 11 is 0. The van der Waals surface area contributed by atoms with E-state index in [1.807, 2.05) is 10.7 Å². The second-order valence-electron chi connectivity index (χ2n) is 7.90. The number of hydrazine groups is 1. The average Bonchev–Trinajstić information content (AvgIpc) is 3.15. The lowest BCUT2D eigenvalue weighted by molar-refractivity contribution is -0.150. The highest BCUT2D eigenvalue weighted by molar-refractivity contribution is 6.35. The van der Waals surface area contributed by atoms with Crippen molar-refractivity contribution in [2.24, 2.45) is 17.5 Å². The van der Waals surface area contributed by atoms with E-state index in [0.717, 1.165) is 17.2 Å². The minimum Gasteiger partial charge on any atom is -0.399 e. The molecular weight excluding hydrogens is 505 g/mol. The Labute approximate surface area is 200 Å². The Morgan fingerprint density at radius 2 is 1.86 bits per heavy atom. The highest BCUT2D eigenvalue weighted by Crippen LogP contribution is 2.31. The number of likely N-dealkylation sites (tertiary alicyclic amines) is 1. The van der Waals surface area contributed by atoms with Gasteiger partial charge in [-0.3, -0.25) is 20.2 Å². The molecule has 200 valence electrons. The molecule has 9 nitrogen and oxygen atoms in total. The van der Waals surface area contributed by atoms with Gasteiger partial charge in [0.2, 0.25) is 5.91 Å². The first kappa shape index (κ1) is 28.7. The molecule has 3 unspecified atom stereocenters. The zero-order chi connectivity index (χ0) is 27.4. The number of alkyl halides is 5. The fourth-order valence-corrected chi connectivity index (χ4v) is 3.70. The zero-order valence-electron chi connectivity index (χ0n) is 18.6. The van der Waals surface area contributed by atoms with E-state index in [1.165, 1.54) is 6.92 Å². The van der Waals surface area contributed by atoms with E-state index in [9.17, 15) is 45.1 Å². The third-order valence-corrected chi connectivity index (χ3v) is 5.54. The maximum absolute atomic E-state index is 14.2. The number of nitrogens with zero attached hydrogens (tertiary/aromatic N) is 1. The predicted molar refractivity (Wildman–Crippen MR) is 111 cm³/mol. The molecule has 1 aromatic rings. The topological polar surface area (TPSA) is 143 Å². The van der Waals surface area contributed by atoms with Gasteiger partial charge in [-0.2, -0.15) is 13.2 Å². The van der Waals surface area contributed by atoms with Crippen molar-refractivity contribution in [3.63, 3.8) is 0 Å². The van der Waals surface area contributed by atoms with Gasteiger partial charge in [-0.05, 0) is 25.5 Å². The summed E-state index contributed by atoms with van der Waals surface area (Å²) in [6, 6.07) is -1.50. The van der Waals surface area contributed by atoms with Gasteiger partial charge in [0.25, 0.3) is 6.43 Å². The normalized spacial score (nSPS) is 19.3. The number of anilines is 1. The van der Waals surface area contributed by atoms with E-state index < -0.39 is 83.3 Å². The largest absolute Gasteiger partial charge is 0.399 e. The van der Waals surface area contributed by atoms with Crippen LogP contribution < -0.4 is 27.6 Å². The number of carbonyl (C=O) groups excluding carboxylic acids is 3. The van der Waals surface area contributed by atoms with E-state index in [-0.39, 0.29) is 13.0 Å². The van der Waals surface area contributed by atoms with Crippen molar-refractivity contribution >= 4 is 23.4 Å². The van der Waals surface area contributed by atoms with Gasteiger partial charge in [-0.25, -0.2) is 17.6 Å². The molecule has 0 spiro atoms. The number of hydrogen-bond acceptors (Lipinski definition) is 6. The second-order valence-corrected chi connectivity index (χ2v) is 7.90. The van der Waals surface area contributed by atoms with Crippen molar-refractivity contribution in [1.82, 2.24) is 15.6 Å². The molecule has 0 bridgehead atoms. The summed E-state index contributed by atoms with van der Waals surface area (Å²) in [6.45, 7) is 1.19. The number of benzene rings is 1. The molecule has 0 saturated carbocycles. The monoisotopic (exact) mass is 528 g/mol. The molecule has 1 fully saturated rings. The van der Waals surface area contributed by atoms with Crippen LogP contribution in [0.25, 0.3) is 0 Å². The summed E-state index contributed by atoms with van der Waals surface area (Å²) in [5.74, 6) is -2.82. The predicted octanol–water partition coefficient (Wildman–Crippen LogP) is 1.78. The third-order valence-electron chi connectivity index (χ3n) is 5.54. The molecule has 36 heavy (non-hydrogen) atoms. The van der Waals surface area contributed by atoms with Crippen LogP contribution in [0.5, 0.6) is 0 Å². The first-order valence-electron chi connectivity index (χ1n) is 10.3. The van der Waals surface area contributed by atoms with E-state index >= 15 is 0 Å². The fourth-order valence-electron chi connectivity index (χ4n) is 3.70. The molecule has 16 heteroatoms. The van der Waals surface area contributed by atoms with Crippen molar-refractivity contribution in [1.29, 1.82) is 0 Å². The Morgan fingerprint density at radius 1 is 1.22 bits per heavy atom. The number of amides is 3. The van der Waals surface area contributed by atoms with E-state index in [2.05, 4.69) is 5.32 Å². The summed E-state index contributed by atoms with van der Waals surface area (Å²) in [5, 5.41) is 3.93. The zero-order valence-corrected chi connectivity index (χ0v) is 18.6. The van der Waals surface area contributed by atoms with E-state index in [1.54, 1.807) is 0 Å². The number of halogens is 7. The smallest absolute Gasteiger partial charge is 0.391 e. The van der Waals surface area contributed by atoms with Crippen molar-refractivity contribution in [2.45, 2.75) is 44.5 Å². The maximum atomic E-state index is 14.2. The number of nitrogens with one attached hydrogen (secondary N) is 3. The summed E-state index contributed by atoms with van der Waals surface area (Å²) in [5.41, 5.74) is 4.66. The number of hydrogen-bond donors (Lipinski definition) is 5. The SMILES string of the molecule is CC1C(C(=O)Nc2ccc(F)c(C(F)F)c2F)CCN1C(=O)C(=O)NC(CC(F)(F)F)/C(N)=C/NN. The van der Waals surface area contributed by atoms with Gasteiger partial charge in [0.05, 0.1) is 29.6 Å². The van der Waals surface area contributed by atoms with Crippen LogP contribution in [0.2, 0.25) is 0 Å². The van der Waals surface area contributed by atoms with Crippen molar-refractivity contribution in [3.05, 3.63) is 41.2 Å². The molecule has 3 amide bonds. The number of carbonyl (C=O) groups is 3. The molecule has 0 radical (unpaired) electrons. The minimum atomic E-state index is -4.75. The summed E-state index contributed by atoms with van der Waals surface area (Å²) in [7, 11) is 0. The van der Waals surface area contributed by atoms with Crippen molar-refractivity contribution in [2.75, 3.05) is 11.9 Å². The standard InChI is InChI=1S/C20H23F7N6O3/c1-8-9(17(34)31-12-3-2-10(21)14(15(12)22)16(23)24)4-5-33(8)19(36)18(35)32-13(6-20(25,26)27)11(28)7-30-29/h2-3,7-9,13,16,30H,4-6,28-29H2,1H3,(H,31,34)(H,32,35)/b11-7-. The Balaban J connectivity index is 2.12. The van der Waals surface area contributed by atoms with Crippen molar-refractivity contribution in [3.8, 4) is 0 Å². The third kappa shape index (κ3) is 6.77. The van der Waals surface area contributed by atoms with Gasteiger partial charge in [-0.1, -0.05) is 0 Å². The first-order chi connectivity index (χ1) is 16.7. The Kier molecular flexibility index (Phi) is 9.12. The molecule has 1 aliphatic heterocycles. The van der Waals surface area contributed by atoms with Gasteiger partial charge in [0.15, 0.2) is 5.82 Å². The first-order valence-corrected chi connectivity index (χ1v) is 10.3. The van der Waals surface area contributed by atoms with Gasteiger partial charge in [0, 0.05) is 24.5 Å². The van der Waals surface area contributed by atoms with Crippen molar-refractivity contribution < 1.29 is 45.1 Å². The lowest BCUT2D eigenvalue weighted by atomic mass is 10.0. The summed E-state index contributed by atoms with van der Waals surface area (Å²) in [6.07, 6.45) is -9.07. The quantitative estimate of drug-likeness (QED) is 0.158. The molecule has 7 N–H and O–H groups in total.